The predicted octanol–water partition coefficient (Wildman–Crippen LogP) is 4.76. The summed E-state index contributed by atoms with van der Waals surface area (Å²) in [6, 6.07) is 13.8. The lowest BCUT2D eigenvalue weighted by Crippen LogP contribution is -2.03. The van der Waals surface area contributed by atoms with Crippen LogP contribution in [0.5, 0.6) is 0 Å². The zero-order valence-electron chi connectivity index (χ0n) is 14.2. The van der Waals surface area contributed by atoms with Gasteiger partial charge < -0.3 is 9.72 Å². The van der Waals surface area contributed by atoms with E-state index in [1.165, 1.54) is 24.5 Å². The number of hydrogen-bond donors (Lipinski definition) is 1. The maximum absolute atomic E-state index is 12.4. The highest BCUT2D eigenvalue weighted by Gasteiger charge is 2.12. The number of aromatic amines is 1. The van der Waals surface area contributed by atoms with Crippen molar-refractivity contribution in [3.8, 4) is 22.0 Å². The Balaban J connectivity index is 1.73. The molecule has 0 saturated heterocycles. The molecule has 4 rings (SSSR count). The third kappa shape index (κ3) is 3.25. The number of methoxy groups -OCH3 is 1. The summed E-state index contributed by atoms with van der Waals surface area (Å²) in [6.07, 6.45) is 0. The Hall–Kier alpha value is -2.96. The number of esters is 1. The number of pyridine rings is 1. The first-order valence-electron chi connectivity index (χ1n) is 8.03. The van der Waals surface area contributed by atoms with Crippen molar-refractivity contribution < 1.29 is 9.53 Å². The number of hydrogen-bond acceptors (Lipinski definition) is 5. The number of nitrogens with one attached hydrogen (secondary N) is 1. The largest absolute Gasteiger partial charge is 0.465 e. The van der Waals surface area contributed by atoms with Crippen molar-refractivity contribution in [2.75, 3.05) is 7.11 Å². The fourth-order valence-corrected chi connectivity index (χ4v) is 3.80. The van der Waals surface area contributed by atoms with Crippen molar-refractivity contribution in [1.82, 2.24) is 9.97 Å². The van der Waals surface area contributed by atoms with E-state index in [9.17, 15) is 9.59 Å². The van der Waals surface area contributed by atoms with Gasteiger partial charge in [0.2, 0.25) is 0 Å². The van der Waals surface area contributed by atoms with E-state index >= 15 is 0 Å². The van der Waals surface area contributed by atoms with Gasteiger partial charge in [-0.2, -0.15) is 0 Å². The molecule has 4 aromatic rings. The highest BCUT2D eigenvalue weighted by molar-refractivity contribution is 7.13. The second-order valence-corrected chi connectivity index (χ2v) is 7.08. The quantitative estimate of drug-likeness (QED) is 0.507. The number of para-hydroxylation sites is 1. The highest BCUT2D eigenvalue weighted by Crippen LogP contribution is 2.29. The molecule has 0 radical (unpaired) electrons. The smallest absolute Gasteiger partial charge is 0.337 e. The van der Waals surface area contributed by atoms with Gasteiger partial charge >= 0.3 is 5.97 Å². The van der Waals surface area contributed by atoms with Crippen molar-refractivity contribution in [1.29, 1.82) is 0 Å². The molecule has 0 bridgehead atoms. The minimum atomic E-state index is -0.383. The number of carbonyl (C=O) groups excluding carboxylic acids is 1. The molecular weight excluding hydrogens is 384 g/mol. The maximum atomic E-state index is 12.4. The Morgan fingerprint density at radius 2 is 1.96 bits per heavy atom. The molecule has 0 amide bonds. The van der Waals surface area contributed by atoms with Gasteiger partial charge in [0.25, 0.3) is 0 Å². The van der Waals surface area contributed by atoms with Gasteiger partial charge in [0.05, 0.1) is 34.6 Å². The van der Waals surface area contributed by atoms with Crippen LogP contribution in [0.3, 0.4) is 0 Å². The lowest BCUT2D eigenvalue weighted by molar-refractivity contribution is 0.0601. The molecular formula is C20H13ClN2O3S. The topological polar surface area (TPSA) is 72.1 Å². The maximum Gasteiger partial charge on any atom is 0.337 e. The number of thiazole rings is 1. The minimum absolute atomic E-state index is 0.111. The molecule has 0 atom stereocenters. The van der Waals surface area contributed by atoms with Crippen LogP contribution in [0.4, 0.5) is 0 Å². The summed E-state index contributed by atoms with van der Waals surface area (Å²) in [5.74, 6) is -0.383. The van der Waals surface area contributed by atoms with Gasteiger partial charge in [-0.25, -0.2) is 9.78 Å². The Morgan fingerprint density at radius 1 is 1.19 bits per heavy atom. The van der Waals surface area contributed by atoms with Crippen LogP contribution in [0.25, 0.3) is 32.9 Å². The first-order valence-corrected chi connectivity index (χ1v) is 9.29. The van der Waals surface area contributed by atoms with Crippen LogP contribution in [0, 0.1) is 0 Å². The van der Waals surface area contributed by atoms with Gasteiger partial charge in [-0.1, -0.05) is 29.8 Å². The van der Waals surface area contributed by atoms with Crippen LogP contribution in [0.1, 0.15) is 10.4 Å². The third-order valence-electron chi connectivity index (χ3n) is 4.15. The van der Waals surface area contributed by atoms with Gasteiger partial charge in [0.15, 0.2) is 5.43 Å². The molecule has 5 nitrogen and oxygen atoms in total. The molecule has 2 aromatic carbocycles. The Kier molecular flexibility index (Phi) is 4.51. The minimum Gasteiger partial charge on any atom is -0.465 e. The van der Waals surface area contributed by atoms with Gasteiger partial charge in [0.1, 0.15) is 5.01 Å². The zero-order chi connectivity index (χ0) is 19.0. The van der Waals surface area contributed by atoms with Crippen molar-refractivity contribution >= 4 is 39.8 Å². The standard InChI is InChI=1S/C20H13ClN2O3S/c1-26-20(25)12-7-5-11(6-8-12)16-10-27-19(23-16)15-9-17(24)13-3-2-4-14(21)18(13)22-15/h2-10H,1H3,(H,22,24). The number of H-pyrrole nitrogens is 1. The Labute approximate surface area is 163 Å². The molecule has 0 aliphatic heterocycles. The van der Waals surface area contributed by atoms with Crippen molar-refractivity contribution in [3.05, 3.63) is 74.7 Å². The summed E-state index contributed by atoms with van der Waals surface area (Å²) in [7, 11) is 1.35. The van der Waals surface area contributed by atoms with Gasteiger partial charge in [-0.3, -0.25) is 4.79 Å². The summed E-state index contributed by atoms with van der Waals surface area (Å²) in [5, 5.41) is 3.61. The van der Waals surface area contributed by atoms with E-state index in [4.69, 9.17) is 16.3 Å². The van der Waals surface area contributed by atoms with E-state index in [0.717, 1.165) is 11.3 Å². The monoisotopic (exact) mass is 396 g/mol. The molecule has 0 aliphatic rings. The lowest BCUT2D eigenvalue weighted by Gasteiger charge is -2.03. The number of benzene rings is 2. The van der Waals surface area contributed by atoms with Gasteiger partial charge in [-0.05, 0) is 24.3 Å². The molecule has 0 unspecified atom stereocenters. The number of nitrogens with zero attached hydrogens (tertiary/aromatic N) is 1. The average Bonchev–Trinajstić information content (AvgIpc) is 3.18. The zero-order valence-corrected chi connectivity index (χ0v) is 15.7. The normalized spacial score (nSPS) is 10.9. The predicted molar refractivity (Wildman–Crippen MR) is 107 cm³/mol. The SMILES string of the molecule is COC(=O)c1ccc(-c2csc(-c3cc(=O)c4cccc(Cl)c4[nH]3)n2)cc1. The summed E-state index contributed by atoms with van der Waals surface area (Å²) in [6.45, 7) is 0. The van der Waals surface area contributed by atoms with E-state index in [1.807, 2.05) is 17.5 Å². The number of ether oxygens (including phenoxy) is 1. The molecule has 27 heavy (non-hydrogen) atoms. The van der Waals surface area contributed by atoms with E-state index in [-0.39, 0.29) is 11.4 Å². The molecule has 0 saturated carbocycles. The van der Waals surface area contributed by atoms with Crippen LogP contribution in [-0.4, -0.2) is 23.0 Å². The highest BCUT2D eigenvalue weighted by atomic mass is 35.5. The number of halogens is 1. The molecule has 0 spiro atoms. The summed E-state index contributed by atoms with van der Waals surface area (Å²) >= 11 is 7.64. The van der Waals surface area contributed by atoms with Crippen molar-refractivity contribution in [2.24, 2.45) is 0 Å². The number of aromatic nitrogens is 2. The second kappa shape index (κ2) is 6.98. The van der Waals surface area contributed by atoms with Gasteiger partial charge in [0, 0.05) is 22.4 Å². The number of fused-ring (bicyclic) bond motifs is 1. The summed E-state index contributed by atoms with van der Waals surface area (Å²) < 4.78 is 4.70. The van der Waals surface area contributed by atoms with E-state index in [2.05, 4.69) is 9.97 Å². The van der Waals surface area contributed by atoms with E-state index in [0.29, 0.717) is 32.2 Å². The van der Waals surface area contributed by atoms with Crippen LogP contribution in [0.2, 0.25) is 5.02 Å². The molecule has 1 N–H and O–H groups in total. The fraction of sp³-hybridized carbons (Fsp3) is 0.0500. The van der Waals surface area contributed by atoms with Crippen LogP contribution in [0.15, 0.2) is 58.7 Å². The second-order valence-electron chi connectivity index (χ2n) is 5.82. The molecule has 2 heterocycles. The lowest BCUT2D eigenvalue weighted by atomic mass is 10.1. The third-order valence-corrected chi connectivity index (χ3v) is 5.34. The first kappa shape index (κ1) is 17.5. The molecule has 0 aliphatic carbocycles. The molecule has 7 heteroatoms. The van der Waals surface area contributed by atoms with Crippen LogP contribution >= 0.6 is 22.9 Å². The average molecular weight is 397 g/mol. The summed E-state index contributed by atoms with van der Waals surface area (Å²) in [5.41, 5.74) is 3.20. The van der Waals surface area contributed by atoms with Crippen molar-refractivity contribution in [2.45, 2.75) is 0 Å². The fourth-order valence-electron chi connectivity index (χ4n) is 2.78. The molecule has 0 fully saturated rings. The summed E-state index contributed by atoms with van der Waals surface area (Å²) in [4.78, 5) is 31.7. The number of rotatable bonds is 3. The van der Waals surface area contributed by atoms with Crippen LogP contribution < -0.4 is 5.43 Å². The van der Waals surface area contributed by atoms with E-state index < -0.39 is 0 Å². The Morgan fingerprint density at radius 3 is 2.70 bits per heavy atom. The molecule has 134 valence electrons. The number of carbonyl (C=O) groups is 1. The van der Waals surface area contributed by atoms with Crippen molar-refractivity contribution in [3.63, 3.8) is 0 Å². The first-order chi connectivity index (χ1) is 13.1. The van der Waals surface area contributed by atoms with Crippen LogP contribution in [-0.2, 0) is 4.74 Å². The molecule has 2 aromatic heterocycles. The van der Waals surface area contributed by atoms with Gasteiger partial charge in [-0.15, -0.1) is 11.3 Å². The Bertz CT molecular complexity index is 1210. The van der Waals surface area contributed by atoms with E-state index in [1.54, 1.807) is 30.3 Å².